The monoisotopic (exact) mass is 840 g/mol. The van der Waals surface area contributed by atoms with E-state index in [0.717, 1.165) is 0 Å². The molecule has 0 amide bonds. The van der Waals surface area contributed by atoms with Crippen molar-refractivity contribution in [1.29, 1.82) is 0 Å². The smallest absolute Gasteiger partial charge is 0.252 e. The maximum Gasteiger partial charge on any atom is 0.252 e. The first-order valence-corrected chi connectivity index (χ1v) is 24.9. The molecule has 0 radical (unpaired) electrons. The molecular formula is C62H57BN2. The summed E-state index contributed by atoms with van der Waals surface area (Å²) in [5, 5.41) is 0. The molecule has 2 spiro atoms. The van der Waals surface area contributed by atoms with Crippen LogP contribution < -0.4 is 26.2 Å². The van der Waals surface area contributed by atoms with Crippen molar-refractivity contribution in [3.8, 4) is 22.3 Å². The molecule has 4 bridgehead atoms. The number of anilines is 6. The van der Waals surface area contributed by atoms with Crippen molar-refractivity contribution >= 4 is 57.2 Å². The molecule has 2 aliphatic heterocycles. The van der Waals surface area contributed by atoms with Crippen molar-refractivity contribution < 1.29 is 0 Å². The molecule has 2 unspecified atom stereocenters. The molecule has 15 rings (SSSR count). The molecule has 4 saturated carbocycles. The minimum atomic E-state index is -0.0748. The van der Waals surface area contributed by atoms with Gasteiger partial charge in [-0.25, -0.2) is 0 Å². The fraction of sp³-hybridized carbons (Fsp3) is 0.323. The first-order chi connectivity index (χ1) is 31.5. The quantitative estimate of drug-likeness (QED) is 0.160. The maximum absolute atomic E-state index is 2.74. The first kappa shape index (κ1) is 37.4. The highest BCUT2D eigenvalue weighted by Crippen LogP contribution is 2.80. The fourth-order valence-corrected chi connectivity index (χ4v) is 17.8. The van der Waals surface area contributed by atoms with Crippen LogP contribution in [0, 0.1) is 33.5 Å². The molecule has 65 heavy (non-hydrogen) atoms. The molecule has 318 valence electrons. The minimum absolute atomic E-state index is 0.0174. The van der Waals surface area contributed by atoms with Gasteiger partial charge in [0.15, 0.2) is 0 Å². The predicted molar refractivity (Wildman–Crippen MR) is 271 cm³/mol. The van der Waals surface area contributed by atoms with Crippen molar-refractivity contribution in [2.75, 3.05) is 9.80 Å². The van der Waals surface area contributed by atoms with E-state index in [4.69, 9.17) is 0 Å². The van der Waals surface area contributed by atoms with Crippen molar-refractivity contribution in [1.82, 2.24) is 0 Å². The summed E-state index contributed by atoms with van der Waals surface area (Å²) in [5.74, 6) is 1.40. The SMILES string of the molecule is CC1(C)C2CCC1(C)[C@@]1(C2)c2ccccc2-c2c1ccc1c2B2c3ccccc3N(c3cccc4c3[C@@]3(C[C@H]5CC[C@]3(C)C5(C)C)c3ccccc3-4)c3cccc(c32)N1c1ccccc1. The molecule has 6 aliphatic carbocycles. The molecule has 6 atom stereocenters. The second-order valence-electron chi connectivity index (χ2n) is 23.2. The maximum atomic E-state index is 2.74. The molecule has 2 heterocycles. The normalized spacial score (nSPS) is 30.0. The largest absolute Gasteiger partial charge is 0.311 e. The van der Waals surface area contributed by atoms with Crippen LogP contribution in [-0.2, 0) is 10.8 Å². The van der Waals surface area contributed by atoms with Crippen LogP contribution in [-0.4, -0.2) is 6.71 Å². The van der Waals surface area contributed by atoms with Crippen LogP contribution in [0.1, 0.15) is 102 Å². The van der Waals surface area contributed by atoms with E-state index in [1.165, 1.54) is 111 Å². The van der Waals surface area contributed by atoms with Crippen LogP contribution in [0.4, 0.5) is 34.1 Å². The average molecular weight is 841 g/mol. The molecule has 0 aromatic heterocycles. The second-order valence-corrected chi connectivity index (χ2v) is 23.2. The Morgan fingerprint density at radius 2 is 0.969 bits per heavy atom. The van der Waals surface area contributed by atoms with Gasteiger partial charge in [0.1, 0.15) is 0 Å². The number of rotatable bonds is 2. The average Bonchev–Trinajstić information content (AvgIpc) is 4.03. The second kappa shape index (κ2) is 11.8. The van der Waals surface area contributed by atoms with Gasteiger partial charge in [-0.05, 0) is 175 Å². The Morgan fingerprint density at radius 1 is 0.431 bits per heavy atom. The number of benzene rings is 7. The lowest BCUT2D eigenvalue weighted by molar-refractivity contribution is 0.0990. The highest BCUT2D eigenvalue weighted by atomic mass is 15.2. The Balaban J connectivity index is 1.04. The van der Waals surface area contributed by atoms with E-state index in [2.05, 4.69) is 203 Å². The minimum Gasteiger partial charge on any atom is -0.311 e. The van der Waals surface area contributed by atoms with Crippen molar-refractivity contribution in [2.45, 2.75) is 90.9 Å². The lowest BCUT2D eigenvalue weighted by Crippen LogP contribution is -2.62. The Bertz CT molecular complexity index is 3270. The Labute approximate surface area is 385 Å². The van der Waals surface area contributed by atoms with Crippen LogP contribution in [0.2, 0.25) is 0 Å². The number of hydrogen-bond acceptors (Lipinski definition) is 2. The standard InChI is InChI=1S/C62H57BN2/c1-57(2)38-32-34-59(57,5)61(36-38)45-24-13-11-21-43(45)53-46(61)30-31-52-56(53)63-47-25-14-15-26-48(47)65(51-29-17-28-50(55(51)63)64(52)40-18-8-7-9-19-40)49-27-16-22-42-41-20-10-12-23-44(41)62(54(42)49)37-39-33-35-60(62,6)58(39,3)4/h7-31,38-39H,32-37H2,1-6H3/t38?,39-,59?,60-,61+,62-/m1/s1. The molecule has 0 saturated heterocycles. The van der Waals surface area contributed by atoms with Crippen LogP contribution in [0.3, 0.4) is 0 Å². The van der Waals surface area contributed by atoms with Crippen LogP contribution >= 0.6 is 0 Å². The van der Waals surface area contributed by atoms with Gasteiger partial charge in [-0.1, -0.05) is 151 Å². The van der Waals surface area contributed by atoms with Crippen LogP contribution in [0.5, 0.6) is 0 Å². The van der Waals surface area contributed by atoms with Gasteiger partial charge in [0.2, 0.25) is 0 Å². The summed E-state index contributed by atoms with van der Waals surface area (Å²) in [6, 6.07) is 59.7. The van der Waals surface area contributed by atoms with E-state index in [-0.39, 0.29) is 39.2 Å². The Morgan fingerprint density at radius 3 is 1.66 bits per heavy atom. The summed E-state index contributed by atoms with van der Waals surface area (Å²) >= 11 is 0. The van der Waals surface area contributed by atoms with E-state index >= 15 is 0 Å². The van der Waals surface area contributed by atoms with Gasteiger partial charge < -0.3 is 9.80 Å². The Hall–Kier alpha value is -5.80. The van der Waals surface area contributed by atoms with Crippen molar-refractivity contribution in [3.05, 3.63) is 174 Å². The van der Waals surface area contributed by atoms with Gasteiger partial charge in [-0.2, -0.15) is 0 Å². The fourth-order valence-electron chi connectivity index (χ4n) is 17.8. The topological polar surface area (TPSA) is 6.48 Å². The van der Waals surface area contributed by atoms with E-state index in [1.54, 1.807) is 22.3 Å². The predicted octanol–water partition coefficient (Wildman–Crippen LogP) is 14.0. The summed E-state index contributed by atoms with van der Waals surface area (Å²) in [5.41, 5.74) is 24.9. The lowest BCUT2D eigenvalue weighted by atomic mass is 9.32. The summed E-state index contributed by atoms with van der Waals surface area (Å²) in [6.45, 7) is 15.8. The number of fused-ring (bicyclic) bond motifs is 21. The molecule has 0 N–H and O–H groups in total. The molecule has 3 heteroatoms. The molecule has 4 fully saturated rings. The van der Waals surface area contributed by atoms with Gasteiger partial charge in [0, 0.05) is 39.3 Å². The van der Waals surface area contributed by atoms with Crippen molar-refractivity contribution in [3.63, 3.8) is 0 Å². The molecule has 8 aliphatic rings. The van der Waals surface area contributed by atoms with Crippen molar-refractivity contribution in [2.24, 2.45) is 33.5 Å². The number of hydrogen-bond donors (Lipinski definition) is 0. The zero-order valence-electron chi connectivity index (χ0n) is 38.8. The van der Waals surface area contributed by atoms with E-state index in [0.29, 0.717) is 11.8 Å². The highest BCUT2D eigenvalue weighted by Gasteiger charge is 2.73. The molecule has 7 aromatic rings. The summed E-state index contributed by atoms with van der Waals surface area (Å²) < 4.78 is 0. The summed E-state index contributed by atoms with van der Waals surface area (Å²) in [4.78, 5) is 5.37. The first-order valence-electron chi connectivity index (χ1n) is 24.9. The number of para-hydroxylation sites is 2. The van der Waals surface area contributed by atoms with E-state index in [9.17, 15) is 0 Å². The van der Waals surface area contributed by atoms with Gasteiger partial charge in [-0.15, -0.1) is 0 Å². The van der Waals surface area contributed by atoms with Gasteiger partial charge >= 0.3 is 0 Å². The van der Waals surface area contributed by atoms with E-state index < -0.39 is 0 Å². The third-order valence-corrected chi connectivity index (χ3v) is 21.4. The Kier molecular flexibility index (Phi) is 6.78. The third kappa shape index (κ3) is 3.86. The van der Waals surface area contributed by atoms with Crippen LogP contribution in [0.15, 0.2) is 152 Å². The third-order valence-electron chi connectivity index (χ3n) is 21.4. The lowest BCUT2D eigenvalue weighted by Gasteiger charge is -2.50. The molecule has 7 aromatic carbocycles. The van der Waals surface area contributed by atoms with E-state index in [1.807, 2.05) is 0 Å². The van der Waals surface area contributed by atoms with Crippen LogP contribution in [0.25, 0.3) is 22.3 Å². The summed E-state index contributed by atoms with van der Waals surface area (Å²) in [7, 11) is 0. The zero-order valence-corrected chi connectivity index (χ0v) is 38.8. The zero-order chi connectivity index (χ0) is 43.6. The highest BCUT2D eigenvalue weighted by molar-refractivity contribution is 7.01. The van der Waals surface area contributed by atoms with Gasteiger partial charge in [0.25, 0.3) is 6.71 Å². The van der Waals surface area contributed by atoms with Gasteiger partial charge in [0.05, 0.1) is 5.69 Å². The molecule has 2 nitrogen and oxygen atoms in total. The molecular weight excluding hydrogens is 784 g/mol. The van der Waals surface area contributed by atoms with Gasteiger partial charge in [-0.3, -0.25) is 0 Å². The number of nitrogens with zero attached hydrogens (tertiary/aromatic N) is 2. The summed E-state index contributed by atoms with van der Waals surface area (Å²) in [6.07, 6.45) is 7.65.